The van der Waals surface area contributed by atoms with Crippen LogP contribution in [0.25, 0.3) is 0 Å². The number of ether oxygens (including phenoxy) is 1. The second kappa shape index (κ2) is 6.18. The smallest absolute Gasteiger partial charge is 0.407 e. The summed E-state index contributed by atoms with van der Waals surface area (Å²) in [5.74, 6) is 0. The van der Waals surface area contributed by atoms with Crippen LogP contribution in [0.15, 0.2) is 12.2 Å². The predicted molar refractivity (Wildman–Crippen MR) is 54.1 cm³/mol. The number of nitrogens with one attached hydrogen (secondary N) is 1. The first-order valence-electron chi connectivity index (χ1n) is 4.53. The third kappa shape index (κ3) is 8.77. The molecule has 0 bridgehead atoms. The quantitative estimate of drug-likeness (QED) is 0.425. The van der Waals surface area contributed by atoms with E-state index < -0.39 is 11.7 Å². The highest BCUT2D eigenvalue weighted by atomic mass is 16.6. The van der Waals surface area contributed by atoms with Crippen molar-refractivity contribution in [3.05, 3.63) is 12.2 Å². The van der Waals surface area contributed by atoms with Crippen molar-refractivity contribution in [2.45, 2.75) is 32.8 Å². The fraction of sp³-hybridized carbons (Fsp3) is 0.600. The highest BCUT2D eigenvalue weighted by Gasteiger charge is 2.14. The minimum absolute atomic E-state index is 0.433. The Morgan fingerprint density at radius 2 is 2.07 bits per heavy atom. The molecule has 0 aromatic heterocycles. The van der Waals surface area contributed by atoms with Gasteiger partial charge in [0.1, 0.15) is 11.9 Å². The molecule has 0 spiro atoms. The molecule has 0 aliphatic heterocycles. The van der Waals surface area contributed by atoms with E-state index in [0.29, 0.717) is 19.3 Å². The maximum absolute atomic E-state index is 11.1. The Hall–Kier alpha value is -1.32. The van der Waals surface area contributed by atoms with Crippen LogP contribution in [0, 0.1) is 0 Å². The molecule has 0 aliphatic carbocycles. The molecule has 0 radical (unpaired) electrons. The average molecular weight is 199 g/mol. The average Bonchev–Trinajstić information content (AvgIpc) is 2.00. The van der Waals surface area contributed by atoms with E-state index in [4.69, 9.17) is 4.74 Å². The third-order valence-corrected chi connectivity index (χ3v) is 1.19. The van der Waals surface area contributed by atoms with Gasteiger partial charge in [-0.25, -0.2) is 4.79 Å². The molecule has 0 unspecified atom stereocenters. The normalized spacial score (nSPS) is 11.4. The summed E-state index contributed by atoms with van der Waals surface area (Å²) in [7, 11) is 0. The van der Waals surface area contributed by atoms with Crippen LogP contribution in [0.2, 0.25) is 0 Å². The van der Waals surface area contributed by atoms with Gasteiger partial charge in [0, 0.05) is 6.54 Å². The first-order chi connectivity index (χ1) is 6.45. The van der Waals surface area contributed by atoms with Crippen molar-refractivity contribution >= 4 is 12.4 Å². The minimum Gasteiger partial charge on any atom is -0.444 e. The molecule has 4 heteroatoms. The van der Waals surface area contributed by atoms with Gasteiger partial charge in [0.15, 0.2) is 0 Å². The van der Waals surface area contributed by atoms with Crippen molar-refractivity contribution in [2.24, 2.45) is 0 Å². The Morgan fingerprint density at radius 1 is 1.43 bits per heavy atom. The van der Waals surface area contributed by atoms with E-state index in [2.05, 4.69) is 5.32 Å². The van der Waals surface area contributed by atoms with E-state index in [1.807, 2.05) is 0 Å². The van der Waals surface area contributed by atoms with Gasteiger partial charge in [0.25, 0.3) is 0 Å². The van der Waals surface area contributed by atoms with Crippen LogP contribution in [-0.4, -0.2) is 24.5 Å². The summed E-state index contributed by atoms with van der Waals surface area (Å²) < 4.78 is 5.00. The highest BCUT2D eigenvalue weighted by molar-refractivity contribution is 5.67. The lowest BCUT2D eigenvalue weighted by molar-refractivity contribution is -0.104. The van der Waals surface area contributed by atoms with E-state index in [1.54, 1.807) is 26.8 Å². The number of rotatable bonds is 4. The van der Waals surface area contributed by atoms with E-state index in [1.165, 1.54) is 6.08 Å². The lowest BCUT2D eigenvalue weighted by Gasteiger charge is -2.19. The van der Waals surface area contributed by atoms with Crippen molar-refractivity contribution in [1.29, 1.82) is 0 Å². The topological polar surface area (TPSA) is 55.4 Å². The maximum Gasteiger partial charge on any atom is 0.407 e. The van der Waals surface area contributed by atoms with Crippen LogP contribution in [0.3, 0.4) is 0 Å². The van der Waals surface area contributed by atoms with Crippen LogP contribution in [-0.2, 0) is 9.53 Å². The van der Waals surface area contributed by atoms with Gasteiger partial charge in [0.2, 0.25) is 0 Å². The second-order valence-corrected chi connectivity index (χ2v) is 3.78. The van der Waals surface area contributed by atoms with Gasteiger partial charge >= 0.3 is 6.09 Å². The molecule has 0 atom stereocenters. The van der Waals surface area contributed by atoms with Gasteiger partial charge in [-0.15, -0.1) is 0 Å². The number of carbonyl (C=O) groups is 2. The van der Waals surface area contributed by atoms with Gasteiger partial charge in [-0.3, -0.25) is 4.79 Å². The first kappa shape index (κ1) is 12.7. The molecule has 0 saturated carbocycles. The van der Waals surface area contributed by atoms with Crippen molar-refractivity contribution in [1.82, 2.24) is 5.32 Å². The highest BCUT2D eigenvalue weighted by Crippen LogP contribution is 2.06. The number of alkyl carbamates (subject to hydrolysis) is 1. The molecule has 0 fully saturated rings. The molecular formula is C10H17NO3. The van der Waals surface area contributed by atoms with Crippen LogP contribution in [0.4, 0.5) is 4.79 Å². The minimum atomic E-state index is -0.470. The predicted octanol–water partition coefficient (Wildman–Crippen LogP) is 1.66. The van der Waals surface area contributed by atoms with E-state index in [-0.39, 0.29) is 0 Å². The van der Waals surface area contributed by atoms with E-state index >= 15 is 0 Å². The van der Waals surface area contributed by atoms with Crippen molar-refractivity contribution < 1.29 is 14.3 Å². The number of aldehydes is 1. The summed E-state index contributed by atoms with van der Waals surface area (Å²) in [5, 5.41) is 2.57. The molecule has 14 heavy (non-hydrogen) atoms. The number of allylic oxidation sites excluding steroid dienone is 1. The Labute approximate surface area is 84.3 Å². The summed E-state index contributed by atoms with van der Waals surface area (Å²) >= 11 is 0. The molecule has 0 heterocycles. The second-order valence-electron chi connectivity index (χ2n) is 3.78. The molecule has 80 valence electrons. The number of hydrogen-bond acceptors (Lipinski definition) is 3. The van der Waals surface area contributed by atoms with Gasteiger partial charge in [0.05, 0.1) is 0 Å². The van der Waals surface area contributed by atoms with Gasteiger partial charge in [-0.05, 0) is 33.3 Å². The summed E-state index contributed by atoms with van der Waals surface area (Å²) in [6, 6.07) is 0. The van der Waals surface area contributed by atoms with E-state index in [0.717, 1.165) is 0 Å². The summed E-state index contributed by atoms with van der Waals surface area (Å²) in [4.78, 5) is 21.0. The molecule has 1 amide bonds. The fourth-order valence-electron chi connectivity index (χ4n) is 0.724. The maximum atomic E-state index is 11.1. The van der Waals surface area contributed by atoms with Crippen LogP contribution < -0.4 is 5.32 Å². The van der Waals surface area contributed by atoms with Crippen molar-refractivity contribution in [3.63, 3.8) is 0 Å². The number of hydrogen-bond donors (Lipinski definition) is 1. The van der Waals surface area contributed by atoms with Crippen molar-refractivity contribution in [3.8, 4) is 0 Å². The molecule has 4 nitrogen and oxygen atoms in total. The summed E-state index contributed by atoms with van der Waals surface area (Å²) in [5.41, 5.74) is -0.470. The van der Waals surface area contributed by atoms with E-state index in [9.17, 15) is 9.59 Å². The molecule has 1 N–H and O–H groups in total. The monoisotopic (exact) mass is 199 g/mol. The van der Waals surface area contributed by atoms with Crippen LogP contribution in [0.1, 0.15) is 27.2 Å². The van der Waals surface area contributed by atoms with Crippen LogP contribution >= 0.6 is 0 Å². The number of amides is 1. The molecule has 0 aliphatic rings. The Balaban J connectivity index is 3.55. The lowest BCUT2D eigenvalue weighted by Crippen LogP contribution is -2.32. The SMILES string of the molecule is CC(C)(C)OC(=O)NCC/C=C\C=O. The summed E-state index contributed by atoms with van der Waals surface area (Å²) in [6.07, 6.45) is 3.98. The summed E-state index contributed by atoms with van der Waals surface area (Å²) in [6.45, 7) is 5.88. The first-order valence-corrected chi connectivity index (χ1v) is 4.53. The third-order valence-electron chi connectivity index (χ3n) is 1.19. The van der Waals surface area contributed by atoms with Gasteiger partial charge < -0.3 is 10.1 Å². The molecule has 0 aromatic carbocycles. The van der Waals surface area contributed by atoms with Gasteiger partial charge in [-0.2, -0.15) is 0 Å². The fourth-order valence-corrected chi connectivity index (χ4v) is 0.724. The number of carbonyl (C=O) groups excluding carboxylic acids is 2. The molecular weight excluding hydrogens is 182 g/mol. The van der Waals surface area contributed by atoms with Crippen LogP contribution in [0.5, 0.6) is 0 Å². The Bertz CT molecular complexity index is 216. The Morgan fingerprint density at radius 3 is 2.57 bits per heavy atom. The molecule has 0 rings (SSSR count). The molecule has 0 aromatic rings. The standard InChI is InChI=1S/C10H17NO3/c1-10(2,3)14-9(13)11-7-5-4-6-8-12/h4,6,8H,5,7H2,1-3H3,(H,11,13)/b6-4-. The zero-order chi connectivity index (χ0) is 11.0. The largest absolute Gasteiger partial charge is 0.444 e. The molecule has 0 saturated heterocycles. The van der Waals surface area contributed by atoms with Crippen molar-refractivity contribution in [2.75, 3.05) is 6.54 Å². The lowest BCUT2D eigenvalue weighted by atomic mass is 10.2. The zero-order valence-corrected chi connectivity index (χ0v) is 8.87. The zero-order valence-electron chi connectivity index (χ0n) is 8.87. The van der Waals surface area contributed by atoms with Gasteiger partial charge in [-0.1, -0.05) is 6.08 Å². The Kier molecular flexibility index (Phi) is 5.60.